The highest BCUT2D eigenvalue weighted by molar-refractivity contribution is 8.15. The first kappa shape index (κ1) is 21.2. The van der Waals surface area contributed by atoms with Gasteiger partial charge in [0.05, 0.1) is 23.8 Å². The molecule has 154 valence electrons. The predicted molar refractivity (Wildman–Crippen MR) is 116 cm³/mol. The van der Waals surface area contributed by atoms with Gasteiger partial charge in [-0.25, -0.2) is 13.4 Å². The largest absolute Gasteiger partial charge is 0.507 e. The van der Waals surface area contributed by atoms with Gasteiger partial charge in [0.1, 0.15) is 5.75 Å². The second-order valence-electron chi connectivity index (χ2n) is 9.66. The van der Waals surface area contributed by atoms with Crippen molar-refractivity contribution in [2.75, 3.05) is 11.5 Å². The van der Waals surface area contributed by atoms with E-state index in [0.717, 1.165) is 16.7 Å². The standard InChI is InChI=1S/C20H29N3O3S2/c1-19(2,3)13-7-12(8-14(17(13)24)20(4,5)6)9-22-23-15-10-28(25,26)11-16(15)27-18(23)21/h7-9,15-16,21,24H,10-11H2,1-6H3/b21-18?,22-9-/t15-,16+/m0/s1. The highest BCUT2D eigenvalue weighted by Crippen LogP contribution is 2.40. The number of amidine groups is 1. The zero-order chi connectivity index (χ0) is 21.1. The number of phenols is 1. The zero-order valence-electron chi connectivity index (χ0n) is 17.3. The van der Waals surface area contributed by atoms with Gasteiger partial charge in [0.15, 0.2) is 15.0 Å². The van der Waals surface area contributed by atoms with Crippen molar-refractivity contribution in [1.29, 1.82) is 5.41 Å². The number of rotatable bonds is 2. The maximum absolute atomic E-state index is 11.9. The summed E-state index contributed by atoms with van der Waals surface area (Å²) < 4.78 is 23.9. The van der Waals surface area contributed by atoms with Crippen molar-refractivity contribution in [2.45, 2.75) is 63.7 Å². The second-order valence-corrected chi connectivity index (χ2v) is 13.0. The Bertz CT molecular complexity index is 905. The van der Waals surface area contributed by atoms with Crippen LogP contribution in [0.5, 0.6) is 5.75 Å². The minimum absolute atomic E-state index is 0.0421. The van der Waals surface area contributed by atoms with Gasteiger partial charge in [-0.05, 0) is 28.5 Å². The summed E-state index contributed by atoms with van der Waals surface area (Å²) in [5.41, 5.74) is 2.03. The molecular weight excluding hydrogens is 394 g/mol. The molecule has 2 fully saturated rings. The lowest BCUT2D eigenvalue weighted by molar-refractivity contribution is 0.376. The average molecular weight is 424 g/mol. The topological polar surface area (TPSA) is 93.8 Å². The van der Waals surface area contributed by atoms with Gasteiger partial charge in [-0.3, -0.25) is 5.41 Å². The molecule has 1 aromatic carbocycles. The summed E-state index contributed by atoms with van der Waals surface area (Å²) in [7, 11) is -3.07. The normalized spacial score (nSPS) is 24.9. The van der Waals surface area contributed by atoms with Gasteiger partial charge in [-0.15, -0.1) is 0 Å². The van der Waals surface area contributed by atoms with Crippen LogP contribution in [0.4, 0.5) is 0 Å². The number of hydrogen-bond donors (Lipinski definition) is 2. The number of fused-ring (bicyclic) bond motifs is 1. The maximum Gasteiger partial charge on any atom is 0.177 e. The van der Waals surface area contributed by atoms with E-state index in [1.807, 2.05) is 12.1 Å². The number of aromatic hydroxyl groups is 1. The Kier molecular flexibility index (Phi) is 5.11. The molecule has 0 unspecified atom stereocenters. The summed E-state index contributed by atoms with van der Waals surface area (Å²) in [4.78, 5) is 0. The minimum Gasteiger partial charge on any atom is -0.507 e. The fourth-order valence-corrected chi connectivity index (χ4v) is 7.34. The summed E-state index contributed by atoms with van der Waals surface area (Å²) in [6, 6.07) is 3.56. The molecule has 2 atom stereocenters. The Balaban J connectivity index is 1.99. The Morgan fingerprint density at radius 3 is 2.18 bits per heavy atom. The van der Waals surface area contributed by atoms with Crippen LogP contribution in [0.25, 0.3) is 0 Å². The smallest absolute Gasteiger partial charge is 0.177 e. The van der Waals surface area contributed by atoms with E-state index >= 15 is 0 Å². The molecule has 0 spiro atoms. The molecule has 3 rings (SSSR count). The van der Waals surface area contributed by atoms with Crippen molar-refractivity contribution in [1.82, 2.24) is 5.01 Å². The number of thioether (sulfide) groups is 1. The van der Waals surface area contributed by atoms with Crippen LogP contribution >= 0.6 is 11.8 Å². The van der Waals surface area contributed by atoms with Crippen LogP contribution in [0.3, 0.4) is 0 Å². The van der Waals surface area contributed by atoms with E-state index in [0.29, 0.717) is 5.75 Å². The number of sulfone groups is 1. The maximum atomic E-state index is 11.9. The molecule has 6 nitrogen and oxygen atoms in total. The first-order valence-corrected chi connectivity index (χ1v) is 12.1. The SMILES string of the molecule is CC(C)(C)c1cc(/C=N\N2C(=N)S[C@@H]3CS(=O)(=O)C[C@@H]32)cc(C(C)(C)C)c1O. The molecule has 0 radical (unpaired) electrons. The molecule has 2 aliphatic heterocycles. The molecule has 2 heterocycles. The second kappa shape index (κ2) is 6.76. The summed E-state index contributed by atoms with van der Waals surface area (Å²) >= 11 is 1.28. The molecule has 2 saturated heterocycles. The van der Waals surface area contributed by atoms with Crippen molar-refractivity contribution in [3.05, 3.63) is 28.8 Å². The molecule has 0 aromatic heterocycles. The van der Waals surface area contributed by atoms with Gasteiger partial charge in [0.25, 0.3) is 0 Å². The number of nitrogens with zero attached hydrogens (tertiary/aromatic N) is 2. The third kappa shape index (κ3) is 4.08. The third-order valence-electron chi connectivity index (χ3n) is 5.14. The van der Waals surface area contributed by atoms with Gasteiger partial charge in [0.2, 0.25) is 0 Å². The van der Waals surface area contributed by atoms with Crippen molar-refractivity contribution in [3.8, 4) is 5.75 Å². The van der Waals surface area contributed by atoms with Gasteiger partial charge in [-0.2, -0.15) is 5.10 Å². The number of hydrogen-bond acceptors (Lipinski definition) is 6. The lowest BCUT2D eigenvalue weighted by atomic mass is 9.78. The first-order valence-electron chi connectivity index (χ1n) is 9.36. The van der Waals surface area contributed by atoms with Crippen LogP contribution < -0.4 is 0 Å². The molecular formula is C20H29N3O3S2. The monoisotopic (exact) mass is 423 g/mol. The van der Waals surface area contributed by atoms with Crippen molar-refractivity contribution >= 4 is 33.0 Å². The fourth-order valence-electron chi connectivity index (χ4n) is 3.63. The minimum atomic E-state index is -3.07. The summed E-state index contributed by atoms with van der Waals surface area (Å²) in [5.74, 6) is 0.460. The Hall–Kier alpha value is -1.54. The van der Waals surface area contributed by atoms with Crippen LogP contribution in [0.1, 0.15) is 58.2 Å². The molecule has 0 amide bonds. The summed E-state index contributed by atoms with van der Waals surface area (Å²) in [6.45, 7) is 12.3. The van der Waals surface area contributed by atoms with E-state index in [1.54, 1.807) is 6.21 Å². The van der Waals surface area contributed by atoms with E-state index in [4.69, 9.17) is 5.41 Å². The van der Waals surface area contributed by atoms with Crippen LogP contribution in [0.2, 0.25) is 0 Å². The lowest BCUT2D eigenvalue weighted by Crippen LogP contribution is -2.32. The molecule has 0 saturated carbocycles. The average Bonchev–Trinajstić information content (AvgIpc) is 2.94. The molecule has 0 aliphatic carbocycles. The van der Waals surface area contributed by atoms with Crippen molar-refractivity contribution in [3.63, 3.8) is 0 Å². The Morgan fingerprint density at radius 2 is 1.68 bits per heavy atom. The van der Waals surface area contributed by atoms with Crippen LogP contribution in [-0.4, -0.2) is 52.7 Å². The Morgan fingerprint density at radius 1 is 1.14 bits per heavy atom. The van der Waals surface area contributed by atoms with Crippen LogP contribution in [0, 0.1) is 5.41 Å². The van der Waals surface area contributed by atoms with Crippen molar-refractivity contribution < 1.29 is 13.5 Å². The third-order valence-corrected chi connectivity index (χ3v) is 8.26. The summed E-state index contributed by atoms with van der Waals surface area (Å²) in [5, 5.41) is 25.2. The molecule has 0 bridgehead atoms. The quantitative estimate of drug-likeness (QED) is 0.711. The van der Waals surface area contributed by atoms with E-state index in [9.17, 15) is 13.5 Å². The van der Waals surface area contributed by atoms with Crippen LogP contribution in [-0.2, 0) is 20.7 Å². The number of nitrogens with one attached hydrogen (secondary N) is 1. The number of hydrazone groups is 1. The lowest BCUT2D eigenvalue weighted by Gasteiger charge is -2.28. The van der Waals surface area contributed by atoms with Gasteiger partial charge >= 0.3 is 0 Å². The highest BCUT2D eigenvalue weighted by Gasteiger charge is 2.48. The zero-order valence-corrected chi connectivity index (χ0v) is 18.9. The first-order chi connectivity index (χ1) is 12.7. The van der Waals surface area contributed by atoms with Gasteiger partial charge in [-0.1, -0.05) is 53.3 Å². The molecule has 2 N–H and O–H groups in total. The van der Waals surface area contributed by atoms with Crippen molar-refractivity contribution in [2.24, 2.45) is 5.10 Å². The number of benzene rings is 1. The summed E-state index contributed by atoms with van der Waals surface area (Å²) in [6.07, 6.45) is 1.67. The molecule has 1 aromatic rings. The Labute approximate surface area is 171 Å². The highest BCUT2D eigenvalue weighted by atomic mass is 32.2. The van der Waals surface area contributed by atoms with Gasteiger partial charge in [0, 0.05) is 16.4 Å². The van der Waals surface area contributed by atoms with Crippen LogP contribution in [0.15, 0.2) is 17.2 Å². The number of phenolic OH excluding ortho intramolecular Hbond substituents is 1. The van der Waals surface area contributed by atoms with Gasteiger partial charge < -0.3 is 5.11 Å². The molecule has 2 aliphatic rings. The fraction of sp³-hybridized carbons (Fsp3) is 0.600. The molecule has 28 heavy (non-hydrogen) atoms. The molecule has 8 heteroatoms. The van der Waals surface area contributed by atoms with E-state index < -0.39 is 9.84 Å². The van der Waals surface area contributed by atoms with E-state index in [-0.39, 0.29) is 38.8 Å². The predicted octanol–water partition coefficient (Wildman–Crippen LogP) is 3.47. The van der Waals surface area contributed by atoms with E-state index in [1.165, 1.54) is 16.8 Å². The van der Waals surface area contributed by atoms with E-state index in [2.05, 4.69) is 46.6 Å².